The quantitative estimate of drug-likeness (QED) is 0.648. The van der Waals surface area contributed by atoms with Crippen LogP contribution in [0.15, 0.2) is 36.4 Å². The van der Waals surface area contributed by atoms with Crippen LogP contribution in [0.5, 0.6) is 0 Å². The van der Waals surface area contributed by atoms with E-state index in [0.29, 0.717) is 6.42 Å². The van der Waals surface area contributed by atoms with Gasteiger partial charge in [0.05, 0.1) is 6.04 Å². The van der Waals surface area contributed by atoms with E-state index in [-0.39, 0.29) is 17.6 Å². The molecule has 0 aliphatic carbocycles. The predicted molar refractivity (Wildman–Crippen MR) is 107 cm³/mol. The van der Waals surface area contributed by atoms with Gasteiger partial charge < -0.3 is 15.7 Å². The van der Waals surface area contributed by atoms with E-state index in [2.05, 4.69) is 13.0 Å². The molecule has 6 nitrogen and oxygen atoms in total. The van der Waals surface area contributed by atoms with E-state index in [4.69, 9.17) is 15.6 Å². The summed E-state index contributed by atoms with van der Waals surface area (Å²) in [6.07, 6.45) is 1.59. The molecule has 1 aliphatic heterocycles. The number of aliphatic carboxylic acids is 1. The standard InChI is InChI=1S/C19H26N2O2.C2HF3O2/c1-3-6-15(13-18(22)14(2)20)9-10-19(23)21-12-11-16-7-4-5-8-17(16)21;3-2(4,5)1(6)7/h4-5,7-10,14-15H,3,6,11-13,20H2,1-2H3;(H,6,7)/b10-9+;/t14-,15-;/m0./s1. The van der Waals surface area contributed by atoms with Crippen LogP contribution < -0.4 is 10.6 Å². The molecule has 1 aromatic rings. The predicted octanol–water partition coefficient (Wildman–Crippen LogP) is 3.49. The third-order valence-electron chi connectivity index (χ3n) is 4.54. The van der Waals surface area contributed by atoms with Crippen molar-refractivity contribution in [3.63, 3.8) is 0 Å². The largest absolute Gasteiger partial charge is 0.490 e. The monoisotopic (exact) mass is 428 g/mol. The maximum absolute atomic E-state index is 12.5. The molecule has 2 atom stereocenters. The molecule has 3 N–H and O–H groups in total. The highest BCUT2D eigenvalue weighted by molar-refractivity contribution is 6.02. The molecule has 0 aromatic heterocycles. The number of carboxylic acids is 1. The highest BCUT2D eigenvalue weighted by Crippen LogP contribution is 2.27. The Hall–Kier alpha value is -2.68. The first-order valence-electron chi connectivity index (χ1n) is 9.63. The number of ketones is 1. The van der Waals surface area contributed by atoms with Crippen molar-refractivity contribution in [2.45, 2.75) is 51.7 Å². The minimum absolute atomic E-state index is 0.00991. The second-order valence-corrected chi connectivity index (χ2v) is 7.04. The molecule has 1 amide bonds. The summed E-state index contributed by atoms with van der Waals surface area (Å²) >= 11 is 0. The van der Waals surface area contributed by atoms with Crippen LogP contribution in [0.2, 0.25) is 0 Å². The Labute approximate surface area is 173 Å². The normalized spacial score (nSPS) is 15.2. The molecule has 0 spiro atoms. The molecule has 0 bridgehead atoms. The number of benzene rings is 1. The minimum atomic E-state index is -5.08. The number of para-hydroxylation sites is 1. The van der Waals surface area contributed by atoms with Gasteiger partial charge in [0.1, 0.15) is 5.78 Å². The van der Waals surface area contributed by atoms with Gasteiger partial charge in [-0.25, -0.2) is 4.79 Å². The number of nitrogens with zero attached hydrogens (tertiary/aromatic N) is 1. The van der Waals surface area contributed by atoms with E-state index < -0.39 is 18.2 Å². The van der Waals surface area contributed by atoms with Gasteiger partial charge >= 0.3 is 12.1 Å². The summed E-state index contributed by atoms with van der Waals surface area (Å²) in [5.41, 5.74) is 7.86. The zero-order chi connectivity index (χ0) is 22.9. The number of nitrogens with two attached hydrogens (primary N) is 1. The number of carboxylic acid groups (broad SMARTS) is 1. The van der Waals surface area contributed by atoms with Crippen molar-refractivity contribution in [3.05, 3.63) is 42.0 Å². The average molecular weight is 428 g/mol. The molecule has 1 aliphatic rings. The van der Waals surface area contributed by atoms with E-state index in [0.717, 1.165) is 31.5 Å². The molecule has 0 saturated carbocycles. The minimum Gasteiger partial charge on any atom is -0.475 e. The molecule has 166 valence electrons. The number of fused-ring (bicyclic) bond motifs is 1. The maximum Gasteiger partial charge on any atom is 0.490 e. The zero-order valence-electron chi connectivity index (χ0n) is 17.0. The Morgan fingerprint density at radius 3 is 2.40 bits per heavy atom. The molecule has 0 fully saturated rings. The van der Waals surface area contributed by atoms with Crippen LogP contribution >= 0.6 is 0 Å². The molecule has 0 unspecified atom stereocenters. The molecule has 0 saturated heterocycles. The Morgan fingerprint density at radius 2 is 1.87 bits per heavy atom. The lowest BCUT2D eigenvalue weighted by molar-refractivity contribution is -0.192. The number of hydrogen-bond acceptors (Lipinski definition) is 4. The summed E-state index contributed by atoms with van der Waals surface area (Å²) in [5.74, 6) is -2.64. The lowest BCUT2D eigenvalue weighted by Crippen LogP contribution is -2.29. The Balaban J connectivity index is 0.000000553. The highest BCUT2D eigenvalue weighted by atomic mass is 19.4. The van der Waals surface area contributed by atoms with E-state index in [1.54, 1.807) is 13.0 Å². The lowest BCUT2D eigenvalue weighted by atomic mass is 9.94. The van der Waals surface area contributed by atoms with E-state index in [9.17, 15) is 22.8 Å². The molecule has 30 heavy (non-hydrogen) atoms. The fraction of sp³-hybridized carbons (Fsp3) is 0.476. The number of carbonyl (C=O) groups excluding carboxylic acids is 2. The van der Waals surface area contributed by atoms with Crippen molar-refractivity contribution in [1.82, 2.24) is 0 Å². The number of amides is 1. The summed E-state index contributed by atoms with van der Waals surface area (Å²) in [6, 6.07) is 7.56. The van der Waals surface area contributed by atoms with Gasteiger partial charge in [-0.2, -0.15) is 13.2 Å². The van der Waals surface area contributed by atoms with Gasteiger partial charge in [-0.15, -0.1) is 0 Å². The van der Waals surface area contributed by atoms with Gasteiger partial charge in [0.2, 0.25) is 0 Å². The van der Waals surface area contributed by atoms with Crippen LogP contribution in [0, 0.1) is 5.92 Å². The van der Waals surface area contributed by atoms with Gasteiger partial charge in [-0.05, 0) is 43.4 Å². The third-order valence-corrected chi connectivity index (χ3v) is 4.54. The summed E-state index contributed by atoms with van der Waals surface area (Å²) in [5, 5.41) is 7.12. The number of Topliss-reactive ketones (excluding diaryl/α,β-unsaturated/α-hetero) is 1. The number of rotatable bonds is 7. The Morgan fingerprint density at radius 1 is 1.27 bits per heavy atom. The number of alkyl halides is 3. The topological polar surface area (TPSA) is 101 Å². The van der Waals surface area contributed by atoms with Crippen LogP contribution in [-0.4, -0.2) is 41.5 Å². The maximum atomic E-state index is 12.5. The molecule has 1 aromatic carbocycles. The van der Waals surface area contributed by atoms with E-state index in [1.807, 2.05) is 29.2 Å². The first kappa shape index (κ1) is 25.4. The van der Waals surface area contributed by atoms with E-state index >= 15 is 0 Å². The lowest BCUT2D eigenvalue weighted by Gasteiger charge is -2.16. The number of anilines is 1. The summed E-state index contributed by atoms with van der Waals surface area (Å²) in [4.78, 5) is 35.0. The Bertz CT molecular complexity index is 776. The second-order valence-electron chi connectivity index (χ2n) is 7.04. The van der Waals surface area contributed by atoms with Gasteiger partial charge in [0.15, 0.2) is 0 Å². The van der Waals surface area contributed by atoms with Crippen molar-refractivity contribution in [3.8, 4) is 0 Å². The summed E-state index contributed by atoms with van der Waals surface area (Å²) in [7, 11) is 0. The van der Waals surface area contributed by atoms with Crippen molar-refractivity contribution in [2.75, 3.05) is 11.4 Å². The van der Waals surface area contributed by atoms with Gasteiger partial charge in [0.25, 0.3) is 5.91 Å². The fourth-order valence-corrected chi connectivity index (χ4v) is 2.96. The molecule has 2 rings (SSSR count). The molecule has 1 heterocycles. The second kappa shape index (κ2) is 11.5. The summed E-state index contributed by atoms with van der Waals surface area (Å²) in [6.45, 7) is 4.51. The Kier molecular flexibility index (Phi) is 9.71. The highest BCUT2D eigenvalue weighted by Gasteiger charge is 2.38. The van der Waals surface area contributed by atoms with Crippen LogP contribution in [0.3, 0.4) is 0 Å². The first-order valence-corrected chi connectivity index (χ1v) is 9.63. The van der Waals surface area contributed by atoms with Crippen LogP contribution in [0.1, 0.15) is 38.7 Å². The number of halogens is 3. The van der Waals surface area contributed by atoms with Crippen molar-refractivity contribution >= 4 is 23.3 Å². The van der Waals surface area contributed by atoms with Crippen molar-refractivity contribution < 1.29 is 32.7 Å². The van der Waals surface area contributed by atoms with Crippen molar-refractivity contribution in [2.24, 2.45) is 11.7 Å². The van der Waals surface area contributed by atoms with Crippen LogP contribution in [0.25, 0.3) is 0 Å². The number of carbonyl (C=O) groups is 3. The third kappa shape index (κ3) is 7.98. The average Bonchev–Trinajstić information content (AvgIpc) is 3.10. The van der Waals surface area contributed by atoms with Crippen molar-refractivity contribution in [1.29, 1.82) is 0 Å². The smallest absolute Gasteiger partial charge is 0.475 e. The van der Waals surface area contributed by atoms with Gasteiger partial charge in [-0.1, -0.05) is 37.6 Å². The van der Waals surface area contributed by atoms with Crippen LogP contribution in [-0.2, 0) is 20.8 Å². The zero-order valence-corrected chi connectivity index (χ0v) is 17.0. The van der Waals surface area contributed by atoms with Crippen LogP contribution in [0.4, 0.5) is 18.9 Å². The first-order chi connectivity index (χ1) is 14.0. The molecule has 9 heteroatoms. The van der Waals surface area contributed by atoms with Gasteiger partial charge in [0, 0.05) is 18.7 Å². The SMILES string of the molecule is CCC[C@@H](/C=C/C(=O)N1CCc2ccccc21)CC(=O)[C@H](C)N.O=C(O)C(F)(F)F. The van der Waals surface area contributed by atoms with E-state index in [1.165, 1.54) is 5.56 Å². The fourth-order valence-electron chi connectivity index (χ4n) is 2.96. The molecular formula is C21H27F3N2O4. The number of allylic oxidation sites excluding steroid dienone is 1. The molecular weight excluding hydrogens is 401 g/mol. The number of hydrogen-bond donors (Lipinski definition) is 2. The molecule has 0 radical (unpaired) electrons. The van der Waals surface area contributed by atoms with Gasteiger partial charge in [-0.3, -0.25) is 9.59 Å². The summed E-state index contributed by atoms with van der Waals surface area (Å²) < 4.78 is 31.7.